The Kier molecular flexibility index (Phi) is 7.77. The number of allylic oxidation sites excluding steroid dienone is 4. The summed E-state index contributed by atoms with van der Waals surface area (Å²) in [7, 11) is 0. The Balaban J connectivity index is 4.56. The fourth-order valence-corrected chi connectivity index (χ4v) is 1.60. The maximum Gasteiger partial charge on any atom is 0.112 e. The first-order valence-electron chi connectivity index (χ1n) is 7.10. The number of hydrogen-bond acceptors (Lipinski definition) is 2. The van der Waals surface area contributed by atoms with Crippen LogP contribution < -0.4 is 5.32 Å². The van der Waals surface area contributed by atoms with E-state index in [4.69, 9.17) is 4.74 Å². The minimum Gasteiger partial charge on any atom is -0.490 e. The molecule has 0 radical (unpaired) electrons. The molecule has 110 valence electrons. The zero-order valence-corrected chi connectivity index (χ0v) is 13.7. The molecule has 0 bridgehead atoms. The van der Waals surface area contributed by atoms with Crippen molar-refractivity contribution in [3.8, 4) is 0 Å². The normalized spacial score (nSPS) is 15.1. The monoisotopic (exact) mass is 265 g/mol. The lowest BCUT2D eigenvalue weighted by atomic mass is 9.86. The summed E-state index contributed by atoms with van der Waals surface area (Å²) in [6, 6.07) is 0.475. The molecule has 0 spiro atoms. The van der Waals surface area contributed by atoms with Gasteiger partial charge in [-0.3, -0.25) is 0 Å². The van der Waals surface area contributed by atoms with E-state index >= 15 is 0 Å². The van der Waals surface area contributed by atoms with Crippen LogP contribution in [-0.2, 0) is 4.74 Å². The van der Waals surface area contributed by atoms with E-state index in [1.165, 1.54) is 5.57 Å². The lowest BCUT2D eigenvalue weighted by molar-refractivity contribution is 0.138. The number of hydrogen-bond donors (Lipinski definition) is 1. The second kappa shape index (κ2) is 8.21. The summed E-state index contributed by atoms with van der Waals surface area (Å²) >= 11 is 0. The number of ether oxygens (including phenoxy) is 1. The van der Waals surface area contributed by atoms with Crippen molar-refractivity contribution < 1.29 is 4.74 Å². The Labute approximate surface area is 119 Å². The lowest BCUT2D eigenvalue weighted by Gasteiger charge is -2.22. The summed E-state index contributed by atoms with van der Waals surface area (Å²) < 4.78 is 5.81. The van der Waals surface area contributed by atoms with Gasteiger partial charge in [0.2, 0.25) is 0 Å². The smallest absolute Gasteiger partial charge is 0.112 e. The van der Waals surface area contributed by atoms with E-state index in [-0.39, 0.29) is 11.5 Å². The zero-order valence-electron chi connectivity index (χ0n) is 13.7. The van der Waals surface area contributed by atoms with Gasteiger partial charge in [0.25, 0.3) is 0 Å². The second-order valence-corrected chi connectivity index (χ2v) is 6.31. The van der Waals surface area contributed by atoms with Gasteiger partial charge < -0.3 is 10.1 Å². The topological polar surface area (TPSA) is 21.3 Å². The standard InChI is InChI=1S/C17H31NO/c1-9-10-16(17(6,7)8)11-14(4)19-15(5)12-18-13(2)3/h9-11,13,15,18H,4,12H2,1-3,5-8H3/b10-9-,16-11+/t15-/m1/s1. The molecule has 0 aromatic heterocycles. The Hall–Kier alpha value is -1.02. The first kappa shape index (κ1) is 18.0. The SMILES string of the molecule is C=C(/C=C(\C=C/C)C(C)(C)C)O[C@H](C)CNC(C)C. The van der Waals surface area contributed by atoms with Gasteiger partial charge in [0.15, 0.2) is 0 Å². The van der Waals surface area contributed by atoms with Gasteiger partial charge in [-0.15, -0.1) is 0 Å². The predicted octanol–water partition coefficient (Wildman–Crippen LogP) is 4.45. The molecule has 2 heteroatoms. The van der Waals surface area contributed by atoms with E-state index in [1.807, 2.05) is 19.1 Å². The summed E-state index contributed by atoms with van der Waals surface area (Å²) in [5.41, 5.74) is 1.32. The third kappa shape index (κ3) is 8.66. The van der Waals surface area contributed by atoms with E-state index in [2.05, 4.69) is 59.5 Å². The van der Waals surface area contributed by atoms with Crippen LogP contribution in [0.25, 0.3) is 0 Å². The van der Waals surface area contributed by atoms with Gasteiger partial charge in [0.1, 0.15) is 11.9 Å². The van der Waals surface area contributed by atoms with Crippen LogP contribution >= 0.6 is 0 Å². The van der Waals surface area contributed by atoms with E-state index in [1.54, 1.807) is 0 Å². The Morgan fingerprint density at radius 3 is 2.26 bits per heavy atom. The average Bonchev–Trinajstić information content (AvgIpc) is 2.24. The summed E-state index contributed by atoms with van der Waals surface area (Å²) in [5.74, 6) is 0.723. The van der Waals surface area contributed by atoms with Crippen LogP contribution in [0.1, 0.15) is 48.5 Å². The van der Waals surface area contributed by atoms with Crippen molar-refractivity contribution in [1.29, 1.82) is 0 Å². The molecule has 19 heavy (non-hydrogen) atoms. The van der Waals surface area contributed by atoms with Gasteiger partial charge in [0, 0.05) is 12.6 Å². The summed E-state index contributed by atoms with van der Waals surface area (Å²) in [6.07, 6.45) is 6.32. The van der Waals surface area contributed by atoms with Crippen molar-refractivity contribution >= 4 is 0 Å². The third-order valence-corrected chi connectivity index (χ3v) is 2.69. The summed E-state index contributed by atoms with van der Waals surface area (Å²) in [6.45, 7) is 19.7. The van der Waals surface area contributed by atoms with Crippen LogP contribution in [0.4, 0.5) is 0 Å². The van der Waals surface area contributed by atoms with Crippen molar-refractivity contribution in [2.24, 2.45) is 5.41 Å². The molecule has 1 N–H and O–H groups in total. The van der Waals surface area contributed by atoms with Gasteiger partial charge in [-0.25, -0.2) is 0 Å². The molecule has 1 atom stereocenters. The first-order chi connectivity index (χ1) is 8.66. The minimum absolute atomic E-state index is 0.0955. The summed E-state index contributed by atoms with van der Waals surface area (Å²) in [4.78, 5) is 0. The highest BCUT2D eigenvalue weighted by Crippen LogP contribution is 2.27. The fourth-order valence-electron chi connectivity index (χ4n) is 1.60. The van der Waals surface area contributed by atoms with Gasteiger partial charge in [-0.2, -0.15) is 0 Å². The van der Waals surface area contributed by atoms with Crippen LogP contribution in [0, 0.1) is 5.41 Å². The first-order valence-corrected chi connectivity index (χ1v) is 7.10. The largest absolute Gasteiger partial charge is 0.490 e. The molecule has 0 aliphatic carbocycles. The van der Waals surface area contributed by atoms with Gasteiger partial charge >= 0.3 is 0 Å². The van der Waals surface area contributed by atoms with E-state index in [0.717, 1.165) is 12.3 Å². The lowest BCUT2D eigenvalue weighted by Crippen LogP contribution is -2.31. The van der Waals surface area contributed by atoms with E-state index < -0.39 is 0 Å². The molecule has 0 saturated heterocycles. The van der Waals surface area contributed by atoms with Gasteiger partial charge in [-0.1, -0.05) is 53.3 Å². The molecule has 0 heterocycles. The molecule has 0 aliphatic heterocycles. The second-order valence-electron chi connectivity index (χ2n) is 6.31. The molecule has 0 aliphatic rings. The molecule has 0 aromatic carbocycles. The highest BCUT2D eigenvalue weighted by atomic mass is 16.5. The van der Waals surface area contributed by atoms with Crippen LogP contribution in [0.2, 0.25) is 0 Å². The molecule has 2 nitrogen and oxygen atoms in total. The van der Waals surface area contributed by atoms with Crippen molar-refractivity contribution in [1.82, 2.24) is 5.32 Å². The highest BCUT2D eigenvalue weighted by molar-refractivity contribution is 5.30. The predicted molar refractivity (Wildman–Crippen MR) is 85.2 cm³/mol. The molecule has 0 rings (SSSR count). The highest BCUT2D eigenvalue weighted by Gasteiger charge is 2.15. The van der Waals surface area contributed by atoms with Crippen LogP contribution in [-0.4, -0.2) is 18.7 Å². The Bertz CT molecular complexity index is 332. The quantitative estimate of drug-likeness (QED) is 0.542. The molecule has 0 unspecified atom stereocenters. The molecule has 0 fully saturated rings. The maximum absolute atomic E-state index is 5.81. The molecule has 0 saturated carbocycles. The Morgan fingerprint density at radius 2 is 1.84 bits per heavy atom. The summed E-state index contributed by atoms with van der Waals surface area (Å²) in [5, 5.41) is 3.36. The molecular formula is C17H31NO. The number of nitrogens with one attached hydrogen (secondary N) is 1. The maximum atomic E-state index is 5.81. The van der Waals surface area contributed by atoms with Crippen molar-refractivity contribution in [3.05, 3.63) is 36.1 Å². The van der Waals surface area contributed by atoms with Crippen LogP contribution in [0.5, 0.6) is 0 Å². The van der Waals surface area contributed by atoms with Crippen molar-refractivity contribution in [2.75, 3.05) is 6.54 Å². The zero-order chi connectivity index (χ0) is 15.1. The van der Waals surface area contributed by atoms with E-state index in [9.17, 15) is 0 Å². The molecular weight excluding hydrogens is 234 g/mol. The van der Waals surface area contributed by atoms with Crippen LogP contribution in [0.15, 0.2) is 36.1 Å². The van der Waals surface area contributed by atoms with Crippen molar-refractivity contribution in [2.45, 2.75) is 60.6 Å². The fraction of sp³-hybridized carbons (Fsp3) is 0.647. The third-order valence-electron chi connectivity index (χ3n) is 2.69. The Morgan fingerprint density at radius 1 is 1.26 bits per heavy atom. The molecule has 0 amide bonds. The van der Waals surface area contributed by atoms with Crippen LogP contribution in [0.3, 0.4) is 0 Å². The van der Waals surface area contributed by atoms with Gasteiger partial charge in [0.05, 0.1) is 0 Å². The average molecular weight is 265 g/mol. The van der Waals surface area contributed by atoms with Crippen molar-refractivity contribution in [3.63, 3.8) is 0 Å². The minimum atomic E-state index is 0.0955. The molecule has 0 aromatic rings. The van der Waals surface area contributed by atoms with Gasteiger partial charge in [-0.05, 0) is 30.9 Å². The number of rotatable bonds is 7. The van der Waals surface area contributed by atoms with E-state index in [0.29, 0.717) is 6.04 Å².